The lowest BCUT2D eigenvalue weighted by Crippen LogP contribution is -2.32. The molecule has 0 radical (unpaired) electrons. The molecule has 5 nitrogen and oxygen atoms in total. The van der Waals surface area contributed by atoms with Crippen molar-refractivity contribution in [2.45, 2.75) is 50.3 Å². The van der Waals surface area contributed by atoms with E-state index in [1.165, 1.54) is 7.11 Å². The van der Waals surface area contributed by atoms with Crippen LogP contribution in [0.1, 0.15) is 57.7 Å². The molecule has 0 fully saturated rings. The Morgan fingerprint density at radius 3 is 2.64 bits per heavy atom. The molecular formula is C22H25BrO5. The Morgan fingerprint density at radius 1 is 1.25 bits per heavy atom. The van der Waals surface area contributed by atoms with Crippen LogP contribution in [0.15, 0.2) is 30.3 Å². The molecule has 0 saturated heterocycles. The summed E-state index contributed by atoms with van der Waals surface area (Å²) in [5, 5.41) is 19.2. The summed E-state index contributed by atoms with van der Waals surface area (Å²) in [6.07, 6.45) is 1.76. The van der Waals surface area contributed by atoms with Crippen molar-refractivity contribution >= 4 is 21.7 Å². The second kappa shape index (κ2) is 8.23. The summed E-state index contributed by atoms with van der Waals surface area (Å²) in [6, 6.07) is 8.97. The Balaban J connectivity index is 1.91. The molecule has 0 bridgehead atoms. The van der Waals surface area contributed by atoms with Gasteiger partial charge in [0.05, 0.1) is 20.3 Å². The summed E-state index contributed by atoms with van der Waals surface area (Å²) in [5.41, 5.74) is 3.17. The number of alkyl halides is 1. The van der Waals surface area contributed by atoms with Crippen LogP contribution in [0.4, 0.5) is 0 Å². The zero-order valence-electron chi connectivity index (χ0n) is 16.3. The molecule has 2 N–H and O–H groups in total. The number of aryl methyl sites for hydroxylation is 1. The number of ether oxygens (including phenoxy) is 2. The molecule has 0 aliphatic carbocycles. The van der Waals surface area contributed by atoms with Gasteiger partial charge < -0.3 is 19.7 Å². The second-order valence-electron chi connectivity index (χ2n) is 7.59. The highest BCUT2D eigenvalue weighted by Gasteiger charge is 2.28. The molecule has 1 unspecified atom stereocenters. The highest BCUT2D eigenvalue weighted by Crippen LogP contribution is 2.37. The van der Waals surface area contributed by atoms with Crippen LogP contribution in [0.2, 0.25) is 0 Å². The van der Waals surface area contributed by atoms with Gasteiger partial charge in [0.15, 0.2) is 5.78 Å². The minimum atomic E-state index is -0.599. The van der Waals surface area contributed by atoms with Gasteiger partial charge in [0.2, 0.25) is 0 Å². The van der Waals surface area contributed by atoms with Gasteiger partial charge in [-0.3, -0.25) is 4.79 Å². The van der Waals surface area contributed by atoms with E-state index in [-0.39, 0.29) is 24.6 Å². The minimum Gasteiger partial charge on any atom is -0.496 e. The van der Waals surface area contributed by atoms with Crippen LogP contribution in [0, 0.1) is 0 Å². The lowest BCUT2D eigenvalue weighted by atomic mass is 9.91. The van der Waals surface area contributed by atoms with Gasteiger partial charge in [-0.05, 0) is 67.6 Å². The largest absolute Gasteiger partial charge is 0.496 e. The highest BCUT2D eigenvalue weighted by atomic mass is 79.9. The molecule has 3 rings (SSSR count). The maximum absolute atomic E-state index is 13.1. The first-order valence-corrected chi connectivity index (χ1v) is 10.1. The summed E-state index contributed by atoms with van der Waals surface area (Å²) < 4.78 is 11.3. The maximum Gasteiger partial charge on any atom is 0.180 e. The van der Waals surface area contributed by atoms with E-state index in [0.717, 1.165) is 24.2 Å². The monoisotopic (exact) mass is 448 g/mol. The first-order valence-electron chi connectivity index (χ1n) is 9.21. The first-order chi connectivity index (χ1) is 13.3. The predicted octanol–water partition coefficient (Wildman–Crippen LogP) is 4.10. The van der Waals surface area contributed by atoms with E-state index in [1.54, 1.807) is 18.2 Å². The summed E-state index contributed by atoms with van der Waals surface area (Å²) in [4.78, 5) is 12.5. The molecule has 28 heavy (non-hydrogen) atoms. The van der Waals surface area contributed by atoms with Crippen LogP contribution in [-0.4, -0.2) is 28.7 Å². The minimum absolute atomic E-state index is 0.0877. The third kappa shape index (κ3) is 4.09. The fraction of sp³-hybridized carbons (Fsp3) is 0.409. The molecule has 6 heteroatoms. The average Bonchev–Trinajstić information content (AvgIpc) is 2.70. The molecule has 0 amide bonds. The number of rotatable bonds is 6. The van der Waals surface area contributed by atoms with Gasteiger partial charge in [0, 0.05) is 11.1 Å². The Hall–Kier alpha value is -1.89. The van der Waals surface area contributed by atoms with E-state index in [9.17, 15) is 15.0 Å². The van der Waals surface area contributed by atoms with Gasteiger partial charge in [-0.25, -0.2) is 0 Å². The van der Waals surface area contributed by atoms with E-state index in [4.69, 9.17) is 9.47 Å². The van der Waals surface area contributed by atoms with Gasteiger partial charge in [-0.1, -0.05) is 22.0 Å². The molecule has 150 valence electrons. The van der Waals surface area contributed by atoms with E-state index in [2.05, 4.69) is 29.8 Å². The number of Topliss-reactive ketones (excluding diaryl/α,β-unsaturated/α-hetero) is 1. The Bertz CT molecular complexity index is 865. The number of methoxy groups -OCH3 is 1. The Labute approximate surface area is 173 Å². The summed E-state index contributed by atoms with van der Waals surface area (Å²) >= 11 is 3.49. The summed E-state index contributed by atoms with van der Waals surface area (Å²) in [7, 11) is 1.50. The lowest BCUT2D eigenvalue weighted by molar-refractivity contribution is 0.0846. The number of ketones is 1. The number of aliphatic hydroxyl groups excluding tert-OH is 2. The molecule has 1 aliphatic heterocycles. The number of benzene rings is 2. The molecule has 0 aromatic heterocycles. The molecule has 2 aromatic rings. The lowest BCUT2D eigenvalue weighted by Gasteiger charge is -2.32. The number of carbonyl (C=O) groups is 1. The Morgan fingerprint density at radius 2 is 2.00 bits per heavy atom. The van der Waals surface area contributed by atoms with Crippen molar-refractivity contribution in [2.75, 3.05) is 7.11 Å². The Kier molecular flexibility index (Phi) is 6.12. The normalized spacial score (nSPS) is 16.1. The average molecular weight is 449 g/mol. The van der Waals surface area contributed by atoms with Crippen molar-refractivity contribution in [1.82, 2.24) is 0 Å². The fourth-order valence-electron chi connectivity index (χ4n) is 3.49. The quantitative estimate of drug-likeness (QED) is 0.513. The van der Waals surface area contributed by atoms with Gasteiger partial charge >= 0.3 is 0 Å². The molecule has 1 atom stereocenters. The number of aliphatic hydroxyl groups is 2. The predicted molar refractivity (Wildman–Crippen MR) is 110 cm³/mol. The zero-order valence-corrected chi connectivity index (χ0v) is 17.9. The van der Waals surface area contributed by atoms with Crippen molar-refractivity contribution in [3.05, 3.63) is 58.1 Å². The van der Waals surface area contributed by atoms with E-state index in [1.807, 2.05) is 12.1 Å². The van der Waals surface area contributed by atoms with Crippen LogP contribution >= 0.6 is 15.9 Å². The van der Waals surface area contributed by atoms with Crippen LogP contribution in [0.25, 0.3) is 0 Å². The van der Waals surface area contributed by atoms with E-state index < -0.39 is 4.83 Å². The van der Waals surface area contributed by atoms with E-state index >= 15 is 0 Å². The number of halogens is 1. The van der Waals surface area contributed by atoms with Gasteiger partial charge in [0.1, 0.15) is 21.9 Å². The zero-order chi connectivity index (χ0) is 20.5. The molecular weight excluding hydrogens is 424 g/mol. The van der Waals surface area contributed by atoms with Crippen molar-refractivity contribution in [2.24, 2.45) is 0 Å². The van der Waals surface area contributed by atoms with Gasteiger partial charge in [-0.15, -0.1) is 0 Å². The second-order valence-corrected chi connectivity index (χ2v) is 8.50. The van der Waals surface area contributed by atoms with Crippen LogP contribution < -0.4 is 9.47 Å². The molecule has 0 saturated carbocycles. The molecule has 2 aromatic carbocycles. The number of fused-ring (bicyclic) bond motifs is 1. The molecule has 0 spiro atoms. The standard InChI is InChI=1S/C22H25BrO5/c1-22(2)7-6-13-8-14(4-5-18(13)28-22)21(26)20(23)15-9-16(11-24)17(12-25)19(10-15)27-3/h4-5,8-10,20,24-25H,6-7,11-12H2,1-3H3. The topological polar surface area (TPSA) is 76.0 Å². The SMILES string of the molecule is COc1cc(C(Br)C(=O)c2ccc3c(c2)CCC(C)(C)O3)cc(CO)c1CO. The summed E-state index contributed by atoms with van der Waals surface area (Å²) in [6.45, 7) is 3.62. The molecule has 1 aliphatic rings. The number of hydrogen-bond acceptors (Lipinski definition) is 5. The smallest absolute Gasteiger partial charge is 0.180 e. The third-order valence-corrected chi connectivity index (χ3v) is 6.07. The molecule has 1 heterocycles. The third-order valence-electron chi connectivity index (χ3n) is 5.12. The van der Waals surface area contributed by atoms with E-state index in [0.29, 0.717) is 28.0 Å². The highest BCUT2D eigenvalue weighted by molar-refractivity contribution is 9.09. The summed E-state index contributed by atoms with van der Waals surface area (Å²) in [5.74, 6) is 1.19. The maximum atomic E-state index is 13.1. The fourth-order valence-corrected chi connectivity index (χ4v) is 4.01. The number of hydrogen-bond donors (Lipinski definition) is 2. The van der Waals surface area contributed by atoms with Crippen molar-refractivity contribution in [3.63, 3.8) is 0 Å². The van der Waals surface area contributed by atoms with Gasteiger partial charge in [-0.2, -0.15) is 0 Å². The first kappa shape index (κ1) is 20.8. The van der Waals surface area contributed by atoms with Gasteiger partial charge in [0.25, 0.3) is 0 Å². The van der Waals surface area contributed by atoms with Crippen LogP contribution in [0.5, 0.6) is 11.5 Å². The van der Waals surface area contributed by atoms with Crippen molar-refractivity contribution in [3.8, 4) is 11.5 Å². The van der Waals surface area contributed by atoms with Crippen molar-refractivity contribution in [1.29, 1.82) is 0 Å². The van der Waals surface area contributed by atoms with Crippen LogP contribution in [0.3, 0.4) is 0 Å². The number of carbonyl (C=O) groups excluding carboxylic acids is 1. The van der Waals surface area contributed by atoms with Crippen molar-refractivity contribution < 1.29 is 24.5 Å². The van der Waals surface area contributed by atoms with Crippen LogP contribution in [-0.2, 0) is 19.6 Å².